The van der Waals surface area contributed by atoms with E-state index in [0.717, 1.165) is 17.8 Å². The molecule has 1 heteroatoms. The van der Waals surface area contributed by atoms with Crippen LogP contribution in [-0.2, 0) is 0 Å². The second kappa shape index (κ2) is 4.10. The Kier molecular flexibility index (Phi) is 3.38. The summed E-state index contributed by atoms with van der Waals surface area (Å²) in [5, 5.41) is 3.42. The molecular weight excluding hydrogens is 134 g/mol. The zero-order chi connectivity index (χ0) is 8.27. The molecule has 0 aromatic rings. The molecule has 0 bridgehead atoms. The topological polar surface area (TPSA) is 12.0 Å². The molecule has 1 N–H and O–H groups in total. The van der Waals surface area contributed by atoms with Gasteiger partial charge < -0.3 is 5.32 Å². The molecule has 0 amide bonds. The van der Waals surface area contributed by atoms with Crippen molar-refractivity contribution in [2.75, 3.05) is 13.1 Å². The molecule has 1 fully saturated rings. The van der Waals surface area contributed by atoms with Crippen LogP contribution in [0.15, 0.2) is 0 Å². The summed E-state index contributed by atoms with van der Waals surface area (Å²) in [6.45, 7) is 9.54. The van der Waals surface area contributed by atoms with Crippen molar-refractivity contribution in [2.24, 2.45) is 17.8 Å². The maximum atomic E-state index is 3.42. The molecule has 1 rings (SSSR count). The third kappa shape index (κ3) is 2.82. The van der Waals surface area contributed by atoms with Gasteiger partial charge in [0.1, 0.15) is 0 Å². The molecule has 1 nitrogen and oxygen atoms in total. The first-order valence-corrected chi connectivity index (χ1v) is 4.91. The van der Waals surface area contributed by atoms with Crippen molar-refractivity contribution in [2.45, 2.75) is 33.6 Å². The van der Waals surface area contributed by atoms with E-state index in [4.69, 9.17) is 0 Å². The summed E-state index contributed by atoms with van der Waals surface area (Å²) >= 11 is 0. The third-order valence-corrected chi connectivity index (χ3v) is 3.01. The monoisotopic (exact) mass is 155 g/mol. The molecular formula is C10H21N. The van der Waals surface area contributed by atoms with Gasteiger partial charge in [-0.1, -0.05) is 20.8 Å². The molecule has 0 aliphatic carbocycles. The summed E-state index contributed by atoms with van der Waals surface area (Å²) in [6, 6.07) is 0. The second-order valence-corrected chi connectivity index (χ2v) is 4.32. The predicted molar refractivity (Wildman–Crippen MR) is 49.6 cm³/mol. The lowest BCUT2D eigenvalue weighted by Gasteiger charge is -2.18. The Hall–Kier alpha value is -0.0400. The largest absolute Gasteiger partial charge is 0.316 e. The number of hydrogen-bond acceptors (Lipinski definition) is 1. The minimum absolute atomic E-state index is 0.857. The molecule has 66 valence electrons. The van der Waals surface area contributed by atoms with Gasteiger partial charge in [-0.2, -0.15) is 0 Å². The van der Waals surface area contributed by atoms with Crippen molar-refractivity contribution in [3.8, 4) is 0 Å². The highest BCUT2D eigenvalue weighted by Gasteiger charge is 2.18. The first-order chi connectivity index (χ1) is 5.20. The first-order valence-electron chi connectivity index (χ1n) is 4.91. The quantitative estimate of drug-likeness (QED) is 0.659. The molecule has 1 aliphatic heterocycles. The Morgan fingerprint density at radius 3 is 2.55 bits per heavy atom. The van der Waals surface area contributed by atoms with E-state index < -0.39 is 0 Å². The summed E-state index contributed by atoms with van der Waals surface area (Å²) in [5.41, 5.74) is 0. The van der Waals surface area contributed by atoms with Crippen LogP contribution in [0.1, 0.15) is 33.6 Å². The molecule has 0 aromatic heterocycles. The Bertz CT molecular complexity index is 103. The van der Waals surface area contributed by atoms with Crippen LogP contribution in [0.5, 0.6) is 0 Å². The van der Waals surface area contributed by atoms with E-state index in [1.807, 2.05) is 0 Å². The predicted octanol–water partition coefficient (Wildman–Crippen LogP) is 2.28. The maximum absolute atomic E-state index is 3.42. The molecule has 1 aliphatic rings. The SMILES string of the molecule is CC(C)C(C)CC1CCNC1. The summed E-state index contributed by atoms with van der Waals surface area (Å²) in [7, 11) is 0. The summed E-state index contributed by atoms with van der Waals surface area (Å²) < 4.78 is 0. The van der Waals surface area contributed by atoms with Crippen molar-refractivity contribution >= 4 is 0 Å². The van der Waals surface area contributed by atoms with E-state index >= 15 is 0 Å². The normalized spacial score (nSPS) is 27.8. The molecule has 0 spiro atoms. The average molecular weight is 155 g/mol. The van der Waals surface area contributed by atoms with Crippen LogP contribution in [0.25, 0.3) is 0 Å². The highest BCUT2D eigenvalue weighted by molar-refractivity contribution is 4.73. The summed E-state index contributed by atoms with van der Waals surface area (Å²) in [6.07, 6.45) is 2.82. The number of hydrogen-bond donors (Lipinski definition) is 1. The van der Waals surface area contributed by atoms with E-state index in [-0.39, 0.29) is 0 Å². The van der Waals surface area contributed by atoms with Crippen LogP contribution >= 0.6 is 0 Å². The molecule has 2 unspecified atom stereocenters. The standard InChI is InChI=1S/C10H21N/c1-8(2)9(3)6-10-4-5-11-7-10/h8-11H,4-7H2,1-3H3. The van der Waals surface area contributed by atoms with Crippen LogP contribution in [0.2, 0.25) is 0 Å². The van der Waals surface area contributed by atoms with E-state index in [1.165, 1.54) is 25.9 Å². The fourth-order valence-electron chi connectivity index (χ4n) is 1.71. The van der Waals surface area contributed by atoms with Gasteiger partial charge in [-0.25, -0.2) is 0 Å². The van der Waals surface area contributed by atoms with Crippen molar-refractivity contribution in [3.63, 3.8) is 0 Å². The van der Waals surface area contributed by atoms with Crippen molar-refractivity contribution in [1.82, 2.24) is 5.32 Å². The van der Waals surface area contributed by atoms with Crippen LogP contribution in [0.4, 0.5) is 0 Å². The Morgan fingerprint density at radius 1 is 1.36 bits per heavy atom. The Morgan fingerprint density at radius 2 is 2.09 bits per heavy atom. The number of rotatable bonds is 3. The first kappa shape index (κ1) is 9.05. The fourth-order valence-corrected chi connectivity index (χ4v) is 1.71. The molecule has 2 atom stereocenters. The molecule has 0 saturated carbocycles. The van der Waals surface area contributed by atoms with Crippen LogP contribution < -0.4 is 5.32 Å². The molecule has 0 aromatic carbocycles. The van der Waals surface area contributed by atoms with Gasteiger partial charge in [0.25, 0.3) is 0 Å². The zero-order valence-electron chi connectivity index (χ0n) is 8.06. The van der Waals surface area contributed by atoms with Crippen LogP contribution in [0, 0.1) is 17.8 Å². The van der Waals surface area contributed by atoms with Gasteiger partial charge in [0, 0.05) is 0 Å². The summed E-state index contributed by atoms with van der Waals surface area (Å²) in [4.78, 5) is 0. The smallest absolute Gasteiger partial charge is 0.00199 e. The van der Waals surface area contributed by atoms with Crippen LogP contribution in [0.3, 0.4) is 0 Å². The molecule has 1 saturated heterocycles. The molecule has 11 heavy (non-hydrogen) atoms. The highest BCUT2D eigenvalue weighted by atomic mass is 14.9. The van der Waals surface area contributed by atoms with Gasteiger partial charge in [0.2, 0.25) is 0 Å². The van der Waals surface area contributed by atoms with E-state index in [0.29, 0.717) is 0 Å². The minimum atomic E-state index is 0.857. The molecule has 0 radical (unpaired) electrons. The van der Waals surface area contributed by atoms with Crippen molar-refractivity contribution < 1.29 is 0 Å². The average Bonchev–Trinajstić information content (AvgIpc) is 2.39. The van der Waals surface area contributed by atoms with Crippen LogP contribution in [-0.4, -0.2) is 13.1 Å². The Balaban J connectivity index is 2.18. The van der Waals surface area contributed by atoms with E-state index in [2.05, 4.69) is 26.1 Å². The van der Waals surface area contributed by atoms with E-state index in [1.54, 1.807) is 0 Å². The van der Waals surface area contributed by atoms with Gasteiger partial charge in [-0.05, 0) is 43.7 Å². The summed E-state index contributed by atoms with van der Waals surface area (Å²) in [5.74, 6) is 2.72. The lowest BCUT2D eigenvalue weighted by Crippen LogP contribution is -2.14. The van der Waals surface area contributed by atoms with Gasteiger partial charge >= 0.3 is 0 Å². The second-order valence-electron chi connectivity index (χ2n) is 4.32. The third-order valence-electron chi connectivity index (χ3n) is 3.01. The zero-order valence-corrected chi connectivity index (χ0v) is 8.06. The number of nitrogens with one attached hydrogen (secondary N) is 1. The highest BCUT2D eigenvalue weighted by Crippen LogP contribution is 2.23. The maximum Gasteiger partial charge on any atom is -0.00199 e. The fraction of sp³-hybridized carbons (Fsp3) is 1.00. The lowest BCUT2D eigenvalue weighted by atomic mass is 9.87. The van der Waals surface area contributed by atoms with Gasteiger partial charge in [0.15, 0.2) is 0 Å². The van der Waals surface area contributed by atoms with Crippen molar-refractivity contribution in [3.05, 3.63) is 0 Å². The van der Waals surface area contributed by atoms with Gasteiger partial charge in [0.05, 0.1) is 0 Å². The van der Waals surface area contributed by atoms with E-state index in [9.17, 15) is 0 Å². The molecule has 1 heterocycles. The minimum Gasteiger partial charge on any atom is -0.316 e. The van der Waals surface area contributed by atoms with Gasteiger partial charge in [-0.3, -0.25) is 0 Å². The lowest BCUT2D eigenvalue weighted by molar-refractivity contribution is 0.331. The van der Waals surface area contributed by atoms with Gasteiger partial charge in [-0.15, -0.1) is 0 Å². The van der Waals surface area contributed by atoms with Crippen molar-refractivity contribution in [1.29, 1.82) is 0 Å². The Labute approximate surface area is 70.6 Å².